The molecule has 0 saturated carbocycles. The molecule has 0 radical (unpaired) electrons. The van der Waals surface area contributed by atoms with E-state index < -0.39 is 0 Å². The highest BCUT2D eigenvalue weighted by Gasteiger charge is 2.13. The van der Waals surface area contributed by atoms with Gasteiger partial charge in [-0.2, -0.15) is 0 Å². The van der Waals surface area contributed by atoms with Crippen molar-refractivity contribution in [1.29, 1.82) is 0 Å². The third-order valence-corrected chi connectivity index (χ3v) is 5.35. The number of benzene rings is 1. The standard InChI is InChI=1S/C14H15BrINS/c1-17-14(7-5-11-3-2-8-18-11)12-9-10(15)4-6-13(12)16/h2-4,6,8-9,14,17H,5,7H2,1H3. The molecule has 0 spiro atoms. The fourth-order valence-corrected chi connectivity index (χ4v) is 3.79. The number of hydrogen-bond acceptors (Lipinski definition) is 2. The fraction of sp³-hybridized carbons (Fsp3) is 0.286. The molecule has 0 bridgehead atoms. The topological polar surface area (TPSA) is 12.0 Å². The molecule has 1 heterocycles. The lowest BCUT2D eigenvalue weighted by molar-refractivity contribution is 0.549. The summed E-state index contributed by atoms with van der Waals surface area (Å²) in [4.78, 5) is 1.46. The van der Waals surface area contributed by atoms with Gasteiger partial charge in [-0.1, -0.05) is 22.0 Å². The second-order valence-corrected chi connectivity index (χ2v) is 7.24. The molecule has 4 heteroatoms. The molecule has 1 N–H and O–H groups in total. The van der Waals surface area contributed by atoms with Gasteiger partial charge in [0.2, 0.25) is 0 Å². The zero-order chi connectivity index (χ0) is 13.0. The summed E-state index contributed by atoms with van der Waals surface area (Å²) in [5.74, 6) is 0. The van der Waals surface area contributed by atoms with Gasteiger partial charge in [-0.05, 0) is 77.7 Å². The third-order valence-electron chi connectivity index (χ3n) is 2.94. The van der Waals surface area contributed by atoms with E-state index in [1.807, 2.05) is 18.4 Å². The van der Waals surface area contributed by atoms with Gasteiger partial charge in [-0.15, -0.1) is 11.3 Å². The molecule has 0 aliphatic heterocycles. The van der Waals surface area contributed by atoms with Gasteiger partial charge in [0.15, 0.2) is 0 Å². The van der Waals surface area contributed by atoms with E-state index in [1.54, 1.807) is 0 Å². The maximum Gasteiger partial charge on any atom is 0.0331 e. The first-order chi connectivity index (χ1) is 8.70. The van der Waals surface area contributed by atoms with Crippen LogP contribution in [0.15, 0.2) is 40.2 Å². The zero-order valence-electron chi connectivity index (χ0n) is 10.1. The second-order valence-electron chi connectivity index (χ2n) is 4.13. The predicted molar refractivity (Wildman–Crippen MR) is 91.3 cm³/mol. The van der Waals surface area contributed by atoms with Gasteiger partial charge in [-0.25, -0.2) is 0 Å². The maximum atomic E-state index is 3.55. The summed E-state index contributed by atoms with van der Waals surface area (Å²) in [5.41, 5.74) is 1.38. The number of thiophene rings is 1. The average molecular weight is 436 g/mol. The average Bonchev–Trinajstić information content (AvgIpc) is 2.87. The number of hydrogen-bond donors (Lipinski definition) is 1. The van der Waals surface area contributed by atoms with Crippen LogP contribution in [0.25, 0.3) is 0 Å². The van der Waals surface area contributed by atoms with E-state index in [-0.39, 0.29) is 0 Å². The van der Waals surface area contributed by atoms with Crippen molar-refractivity contribution in [2.75, 3.05) is 7.05 Å². The van der Waals surface area contributed by atoms with E-state index in [0.717, 1.165) is 17.3 Å². The molecular formula is C14H15BrINS. The molecule has 1 unspecified atom stereocenters. The Labute approximate surface area is 134 Å². The molecule has 2 rings (SSSR count). The van der Waals surface area contributed by atoms with Gasteiger partial charge in [0.1, 0.15) is 0 Å². The quantitative estimate of drug-likeness (QED) is 0.651. The fourth-order valence-electron chi connectivity index (χ4n) is 1.98. The third kappa shape index (κ3) is 3.79. The minimum Gasteiger partial charge on any atom is -0.313 e. The van der Waals surface area contributed by atoms with Crippen molar-refractivity contribution in [1.82, 2.24) is 5.32 Å². The molecule has 1 atom stereocenters. The molecule has 0 aliphatic rings. The van der Waals surface area contributed by atoms with Gasteiger partial charge in [0.05, 0.1) is 0 Å². The van der Waals surface area contributed by atoms with E-state index in [1.165, 1.54) is 14.0 Å². The number of aryl methyl sites for hydroxylation is 1. The first-order valence-corrected chi connectivity index (χ1v) is 8.60. The minimum absolute atomic E-state index is 0.413. The molecule has 0 aliphatic carbocycles. The van der Waals surface area contributed by atoms with Crippen LogP contribution in [0.4, 0.5) is 0 Å². The highest BCUT2D eigenvalue weighted by Crippen LogP contribution is 2.27. The van der Waals surface area contributed by atoms with E-state index >= 15 is 0 Å². The second kappa shape index (κ2) is 7.03. The molecule has 18 heavy (non-hydrogen) atoms. The van der Waals surface area contributed by atoms with Gasteiger partial charge in [-0.3, -0.25) is 0 Å². The van der Waals surface area contributed by atoms with Crippen LogP contribution in [-0.4, -0.2) is 7.05 Å². The molecular weight excluding hydrogens is 421 g/mol. The van der Waals surface area contributed by atoms with E-state index in [2.05, 4.69) is 79.5 Å². The Balaban J connectivity index is 2.10. The van der Waals surface area contributed by atoms with Crippen LogP contribution < -0.4 is 5.32 Å². The predicted octanol–water partition coefficient (Wildman–Crippen LogP) is 5.01. The lowest BCUT2D eigenvalue weighted by Crippen LogP contribution is -2.18. The Morgan fingerprint density at radius 1 is 1.39 bits per heavy atom. The Bertz CT molecular complexity index is 499. The van der Waals surface area contributed by atoms with Crippen LogP contribution in [0, 0.1) is 3.57 Å². The van der Waals surface area contributed by atoms with Crippen molar-refractivity contribution >= 4 is 49.9 Å². The zero-order valence-corrected chi connectivity index (χ0v) is 14.7. The Kier molecular flexibility index (Phi) is 5.66. The Morgan fingerprint density at radius 2 is 2.22 bits per heavy atom. The molecule has 1 aromatic carbocycles. The van der Waals surface area contributed by atoms with Crippen LogP contribution in [0.3, 0.4) is 0 Å². The lowest BCUT2D eigenvalue weighted by atomic mass is 10.0. The normalized spacial score (nSPS) is 12.6. The summed E-state index contributed by atoms with van der Waals surface area (Å²) in [6, 6.07) is 11.2. The first-order valence-electron chi connectivity index (χ1n) is 5.85. The van der Waals surface area contributed by atoms with Crippen molar-refractivity contribution in [3.63, 3.8) is 0 Å². The van der Waals surface area contributed by atoms with Crippen LogP contribution in [0.2, 0.25) is 0 Å². The summed E-state index contributed by atoms with van der Waals surface area (Å²) in [5, 5.41) is 5.57. The van der Waals surface area contributed by atoms with E-state index in [0.29, 0.717) is 6.04 Å². The first kappa shape index (κ1) is 14.5. The lowest BCUT2D eigenvalue weighted by Gasteiger charge is -2.18. The maximum absolute atomic E-state index is 3.55. The Morgan fingerprint density at radius 3 is 2.89 bits per heavy atom. The van der Waals surface area contributed by atoms with Crippen molar-refractivity contribution in [3.8, 4) is 0 Å². The Hall–Kier alpha value is 0.0900. The van der Waals surface area contributed by atoms with Gasteiger partial charge >= 0.3 is 0 Å². The van der Waals surface area contributed by atoms with Crippen LogP contribution in [0.5, 0.6) is 0 Å². The molecule has 96 valence electrons. The minimum atomic E-state index is 0.413. The molecule has 0 saturated heterocycles. The molecule has 2 aromatic rings. The van der Waals surface area contributed by atoms with Crippen LogP contribution in [-0.2, 0) is 6.42 Å². The summed E-state index contributed by atoms with van der Waals surface area (Å²) in [6.07, 6.45) is 2.26. The van der Waals surface area contributed by atoms with Gasteiger partial charge in [0, 0.05) is 19.0 Å². The van der Waals surface area contributed by atoms with Gasteiger partial charge in [0.25, 0.3) is 0 Å². The van der Waals surface area contributed by atoms with Crippen LogP contribution >= 0.6 is 49.9 Å². The largest absolute Gasteiger partial charge is 0.313 e. The van der Waals surface area contributed by atoms with Crippen molar-refractivity contribution in [2.45, 2.75) is 18.9 Å². The number of halogens is 2. The molecule has 0 amide bonds. The molecule has 1 aromatic heterocycles. The van der Waals surface area contributed by atoms with Crippen LogP contribution in [0.1, 0.15) is 22.9 Å². The van der Waals surface area contributed by atoms with E-state index in [9.17, 15) is 0 Å². The summed E-state index contributed by atoms with van der Waals surface area (Å²) >= 11 is 7.80. The monoisotopic (exact) mass is 435 g/mol. The highest BCUT2D eigenvalue weighted by molar-refractivity contribution is 14.1. The number of nitrogens with one attached hydrogen (secondary N) is 1. The highest BCUT2D eigenvalue weighted by atomic mass is 127. The summed E-state index contributed by atoms with van der Waals surface area (Å²) in [6.45, 7) is 0. The smallest absolute Gasteiger partial charge is 0.0331 e. The van der Waals surface area contributed by atoms with Crippen molar-refractivity contribution in [3.05, 3.63) is 54.2 Å². The SMILES string of the molecule is CNC(CCc1cccs1)c1cc(Br)ccc1I. The van der Waals surface area contributed by atoms with E-state index in [4.69, 9.17) is 0 Å². The van der Waals surface area contributed by atoms with Gasteiger partial charge < -0.3 is 5.32 Å². The number of rotatable bonds is 5. The summed E-state index contributed by atoms with van der Waals surface area (Å²) in [7, 11) is 2.04. The van der Waals surface area contributed by atoms with Crippen molar-refractivity contribution in [2.24, 2.45) is 0 Å². The molecule has 0 fully saturated rings. The summed E-state index contributed by atoms with van der Waals surface area (Å²) < 4.78 is 2.47. The molecule has 1 nitrogen and oxygen atoms in total. The van der Waals surface area contributed by atoms with Crippen molar-refractivity contribution < 1.29 is 0 Å².